The fraction of sp³-hybridized carbons (Fsp3) is 0.120. The van der Waals surface area contributed by atoms with E-state index < -0.39 is 17.7 Å². The highest BCUT2D eigenvalue weighted by molar-refractivity contribution is 6.51. The van der Waals surface area contributed by atoms with E-state index in [-0.39, 0.29) is 11.3 Å². The molecular weight excluding hydrogens is 414 g/mol. The first-order valence-corrected chi connectivity index (χ1v) is 10.2. The Kier molecular flexibility index (Phi) is 5.78. The SMILES string of the molecule is CCOc1cccc(N2C(=O)C(=O)/C(=C(/O)c3ccc(Cl)cc3)C2c2ccccc2)c1. The Morgan fingerprint density at radius 3 is 2.39 bits per heavy atom. The van der Waals surface area contributed by atoms with E-state index in [0.29, 0.717) is 34.2 Å². The van der Waals surface area contributed by atoms with Crippen molar-refractivity contribution in [3.05, 3.63) is 101 Å². The zero-order valence-corrected chi connectivity index (χ0v) is 17.5. The maximum Gasteiger partial charge on any atom is 0.300 e. The molecule has 0 saturated carbocycles. The van der Waals surface area contributed by atoms with Crippen LogP contribution in [0.2, 0.25) is 5.02 Å². The number of ether oxygens (including phenoxy) is 1. The molecule has 5 nitrogen and oxygen atoms in total. The molecular formula is C25H20ClNO4. The normalized spacial score (nSPS) is 17.7. The molecule has 1 aliphatic rings. The second-order valence-electron chi connectivity index (χ2n) is 7.02. The van der Waals surface area contributed by atoms with Gasteiger partial charge in [0.2, 0.25) is 0 Å². The third-order valence-corrected chi connectivity index (χ3v) is 5.34. The van der Waals surface area contributed by atoms with Crippen molar-refractivity contribution in [2.24, 2.45) is 0 Å². The van der Waals surface area contributed by atoms with Crippen molar-refractivity contribution in [2.45, 2.75) is 13.0 Å². The molecule has 0 aliphatic carbocycles. The van der Waals surface area contributed by atoms with Crippen molar-refractivity contribution >= 4 is 34.7 Å². The molecule has 1 aliphatic heterocycles. The maximum atomic E-state index is 13.1. The molecule has 1 heterocycles. The van der Waals surface area contributed by atoms with Gasteiger partial charge in [-0.3, -0.25) is 14.5 Å². The van der Waals surface area contributed by atoms with Gasteiger partial charge in [0.15, 0.2) is 0 Å². The first-order chi connectivity index (χ1) is 15.0. The molecule has 156 valence electrons. The van der Waals surface area contributed by atoms with E-state index in [2.05, 4.69) is 0 Å². The Morgan fingerprint density at radius 1 is 1.00 bits per heavy atom. The van der Waals surface area contributed by atoms with Gasteiger partial charge in [-0.15, -0.1) is 0 Å². The Morgan fingerprint density at radius 2 is 1.71 bits per heavy atom. The average Bonchev–Trinajstić information content (AvgIpc) is 3.05. The van der Waals surface area contributed by atoms with Crippen molar-refractivity contribution < 1.29 is 19.4 Å². The van der Waals surface area contributed by atoms with Crippen molar-refractivity contribution in [1.82, 2.24) is 0 Å². The zero-order valence-electron chi connectivity index (χ0n) is 16.8. The minimum Gasteiger partial charge on any atom is -0.507 e. The van der Waals surface area contributed by atoms with E-state index >= 15 is 0 Å². The number of carbonyl (C=O) groups is 2. The van der Waals surface area contributed by atoms with Crippen molar-refractivity contribution in [1.29, 1.82) is 0 Å². The monoisotopic (exact) mass is 433 g/mol. The molecule has 1 atom stereocenters. The number of hydrogen-bond donors (Lipinski definition) is 1. The van der Waals surface area contributed by atoms with E-state index in [4.69, 9.17) is 16.3 Å². The minimum absolute atomic E-state index is 0.0281. The van der Waals surface area contributed by atoms with Crippen LogP contribution in [-0.2, 0) is 9.59 Å². The van der Waals surface area contributed by atoms with Crippen LogP contribution in [0.5, 0.6) is 5.75 Å². The highest BCUT2D eigenvalue weighted by atomic mass is 35.5. The lowest BCUT2D eigenvalue weighted by Crippen LogP contribution is -2.29. The molecule has 0 radical (unpaired) electrons. The number of aliphatic hydroxyl groups excluding tert-OH is 1. The van der Waals surface area contributed by atoms with E-state index in [9.17, 15) is 14.7 Å². The molecule has 6 heteroatoms. The van der Waals surface area contributed by atoms with E-state index in [1.54, 1.807) is 48.5 Å². The largest absolute Gasteiger partial charge is 0.507 e. The number of amides is 1. The van der Waals surface area contributed by atoms with Gasteiger partial charge < -0.3 is 9.84 Å². The smallest absolute Gasteiger partial charge is 0.300 e. The fourth-order valence-corrected chi connectivity index (χ4v) is 3.83. The quantitative estimate of drug-likeness (QED) is 0.334. The highest BCUT2D eigenvalue weighted by Crippen LogP contribution is 2.42. The van der Waals surface area contributed by atoms with Crippen LogP contribution >= 0.6 is 11.6 Å². The molecule has 3 aromatic carbocycles. The van der Waals surface area contributed by atoms with Crippen LogP contribution in [0.4, 0.5) is 5.69 Å². The van der Waals surface area contributed by atoms with Crippen LogP contribution in [-0.4, -0.2) is 23.4 Å². The Balaban J connectivity index is 1.91. The molecule has 31 heavy (non-hydrogen) atoms. The number of halogens is 1. The lowest BCUT2D eigenvalue weighted by molar-refractivity contribution is -0.132. The van der Waals surface area contributed by atoms with Crippen LogP contribution in [0, 0.1) is 0 Å². The standard InChI is InChI=1S/C25H20ClNO4/c1-2-31-20-10-6-9-19(15-20)27-22(16-7-4-3-5-8-16)21(24(29)25(27)30)23(28)17-11-13-18(26)14-12-17/h3-15,22,28H,2H2,1H3/b23-21+. The summed E-state index contributed by atoms with van der Waals surface area (Å²) in [5, 5.41) is 11.6. The average molecular weight is 434 g/mol. The summed E-state index contributed by atoms with van der Waals surface area (Å²) < 4.78 is 5.57. The number of carbonyl (C=O) groups excluding carboxylic acids is 2. The fourth-order valence-electron chi connectivity index (χ4n) is 3.70. The Hall–Kier alpha value is -3.57. The van der Waals surface area contributed by atoms with Gasteiger partial charge in [0.25, 0.3) is 11.7 Å². The second-order valence-corrected chi connectivity index (χ2v) is 7.45. The van der Waals surface area contributed by atoms with Gasteiger partial charge in [0.05, 0.1) is 18.2 Å². The first-order valence-electron chi connectivity index (χ1n) is 9.86. The van der Waals surface area contributed by atoms with Gasteiger partial charge in [-0.05, 0) is 48.9 Å². The number of ketones is 1. The molecule has 1 saturated heterocycles. The number of Topliss-reactive ketones (excluding diaryl/α,β-unsaturated/α-hetero) is 1. The second kappa shape index (κ2) is 8.66. The van der Waals surface area contributed by atoms with Gasteiger partial charge in [0.1, 0.15) is 11.5 Å². The van der Waals surface area contributed by atoms with E-state index in [0.717, 1.165) is 0 Å². The number of hydrogen-bond acceptors (Lipinski definition) is 4. The molecule has 0 bridgehead atoms. The van der Waals surface area contributed by atoms with Crippen LogP contribution in [0.1, 0.15) is 24.1 Å². The Bertz CT molecular complexity index is 1160. The first kappa shape index (κ1) is 20.7. The number of benzene rings is 3. The summed E-state index contributed by atoms with van der Waals surface area (Å²) in [4.78, 5) is 27.6. The van der Waals surface area contributed by atoms with Gasteiger partial charge in [0, 0.05) is 22.3 Å². The van der Waals surface area contributed by atoms with Crippen LogP contribution < -0.4 is 9.64 Å². The number of nitrogens with zero attached hydrogens (tertiary/aromatic N) is 1. The predicted molar refractivity (Wildman–Crippen MR) is 120 cm³/mol. The van der Waals surface area contributed by atoms with Crippen molar-refractivity contribution in [3.8, 4) is 5.75 Å². The Labute approximate surface area is 185 Å². The summed E-state index contributed by atoms with van der Waals surface area (Å²) in [5.41, 5.74) is 1.66. The molecule has 3 aromatic rings. The third-order valence-electron chi connectivity index (χ3n) is 5.08. The molecule has 0 aromatic heterocycles. The summed E-state index contributed by atoms with van der Waals surface area (Å²) in [7, 11) is 0. The summed E-state index contributed by atoms with van der Waals surface area (Å²) >= 11 is 5.96. The molecule has 0 spiro atoms. The molecule has 4 rings (SSSR count). The maximum absolute atomic E-state index is 13.1. The van der Waals surface area contributed by atoms with Crippen LogP contribution in [0.25, 0.3) is 5.76 Å². The van der Waals surface area contributed by atoms with Crippen LogP contribution in [0.3, 0.4) is 0 Å². The summed E-state index contributed by atoms with van der Waals surface area (Å²) in [6, 6.07) is 21.9. The zero-order chi connectivity index (χ0) is 22.0. The van der Waals surface area contributed by atoms with Crippen LogP contribution in [0.15, 0.2) is 84.4 Å². The lowest BCUT2D eigenvalue weighted by Gasteiger charge is -2.25. The summed E-state index contributed by atoms with van der Waals surface area (Å²) in [6.45, 7) is 2.34. The van der Waals surface area contributed by atoms with Gasteiger partial charge in [-0.1, -0.05) is 48.0 Å². The molecule has 1 fully saturated rings. The summed E-state index contributed by atoms with van der Waals surface area (Å²) in [5.74, 6) is -1.11. The minimum atomic E-state index is -0.784. The van der Waals surface area contributed by atoms with Crippen molar-refractivity contribution in [2.75, 3.05) is 11.5 Å². The van der Waals surface area contributed by atoms with E-state index in [1.807, 2.05) is 37.3 Å². The lowest BCUT2D eigenvalue weighted by atomic mass is 9.95. The van der Waals surface area contributed by atoms with E-state index in [1.165, 1.54) is 4.90 Å². The van der Waals surface area contributed by atoms with Gasteiger partial charge in [-0.25, -0.2) is 0 Å². The van der Waals surface area contributed by atoms with Crippen molar-refractivity contribution in [3.63, 3.8) is 0 Å². The molecule has 1 N–H and O–H groups in total. The van der Waals surface area contributed by atoms with Gasteiger partial charge in [-0.2, -0.15) is 0 Å². The van der Waals surface area contributed by atoms with Gasteiger partial charge >= 0.3 is 0 Å². The number of rotatable bonds is 5. The topological polar surface area (TPSA) is 66.8 Å². The highest BCUT2D eigenvalue weighted by Gasteiger charge is 2.47. The molecule has 1 amide bonds. The molecule has 1 unspecified atom stereocenters. The summed E-state index contributed by atoms with van der Waals surface area (Å²) in [6.07, 6.45) is 0. The number of anilines is 1. The third kappa shape index (κ3) is 3.92. The number of aliphatic hydroxyl groups is 1. The predicted octanol–water partition coefficient (Wildman–Crippen LogP) is 5.37.